The Morgan fingerprint density at radius 3 is 2.90 bits per heavy atom. The number of nitrogens with zero attached hydrogens (tertiary/aromatic N) is 3. The predicted octanol–water partition coefficient (Wildman–Crippen LogP) is 3.84. The van der Waals surface area contributed by atoms with Crippen LogP contribution in [-0.4, -0.2) is 45.4 Å². The number of nitro groups is 1. The van der Waals surface area contributed by atoms with E-state index in [1.807, 2.05) is 29.2 Å². The number of hydrogen-bond acceptors (Lipinski definition) is 5. The molecule has 2 aliphatic rings. The molecular weight excluding hydrogens is 396 g/mol. The van der Waals surface area contributed by atoms with Crippen LogP contribution in [0.1, 0.15) is 41.8 Å². The van der Waals surface area contributed by atoms with Gasteiger partial charge in [0.25, 0.3) is 5.91 Å². The van der Waals surface area contributed by atoms with Crippen molar-refractivity contribution in [3.8, 4) is 5.75 Å². The van der Waals surface area contributed by atoms with Gasteiger partial charge in [-0.15, -0.1) is 0 Å². The lowest BCUT2D eigenvalue weighted by Gasteiger charge is -2.54. The summed E-state index contributed by atoms with van der Waals surface area (Å²) in [4.78, 5) is 34.3. The second-order valence-electron chi connectivity index (χ2n) is 8.77. The molecule has 160 valence electrons. The van der Waals surface area contributed by atoms with Gasteiger partial charge in [0.05, 0.1) is 29.4 Å². The van der Waals surface area contributed by atoms with Gasteiger partial charge in [0, 0.05) is 29.1 Å². The minimum Gasteiger partial charge on any atom is -0.490 e. The maximum atomic E-state index is 13.5. The number of aromatic nitrogens is 2. The molecule has 0 unspecified atom stereocenters. The molecule has 1 amide bonds. The number of rotatable bonds is 3. The smallest absolute Gasteiger partial charge is 0.314 e. The van der Waals surface area contributed by atoms with E-state index >= 15 is 0 Å². The zero-order chi connectivity index (χ0) is 21.9. The van der Waals surface area contributed by atoms with Gasteiger partial charge in [-0.25, -0.2) is 4.98 Å². The first kappa shape index (κ1) is 19.5. The number of amides is 1. The molecule has 0 radical (unpaired) electrons. The first-order valence-corrected chi connectivity index (χ1v) is 10.4. The zero-order valence-corrected chi connectivity index (χ0v) is 17.7. The monoisotopic (exact) mass is 420 g/mol. The number of benzene rings is 2. The van der Waals surface area contributed by atoms with Crippen molar-refractivity contribution >= 4 is 22.6 Å². The first-order valence-electron chi connectivity index (χ1n) is 10.4. The van der Waals surface area contributed by atoms with Gasteiger partial charge in [-0.1, -0.05) is 19.9 Å². The number of fused-ring (bicyclic) bond motifs is 5. The summed E-state index contributed by atoms with van der Waals surface area (Å²) in [6.45, 7) is 4.75. The Hall–Kier alpha value is -3.42. The summed E-state index contributed by atoms with van der Waals surface area (Å²) >= 11 is 0. The second-order valence-corrected chi connectivity index (χ2v) is 8.77. The third-order valence-corrected chi connectivity index (χ3v) is 7.41. The third kappa shape index (κ3) is 2.74. The average molecular weight is 420 g/mol. The summed E-state index contributed by atoms with van der Waals surface area (Å²) in [5, 5.41) is 12.0. The van der Waals surface area contributed by atoms with E-state index in [9.17, 15) is 14.9 Å². The normalized spacial score (nSPS) is 24.7. The van der Waals surface area contributed by atoms with Crippen LogP contribution in [0.25, 0.3) is 11.0 Å². The molecule has 1 fully saturated rings. The highest BCUT2D eigenvalue weighted by Gasteiger charge is 2.53. The Kier molecular flexibility index (Phi) is 4.28. The molecule has 1 aliphatic carbocycles. The topological polar surface area (TPSA) is 101 Å². The lowest BCUT2D eigenvalue weighted by molar-refractivity contribution is -0.387. The Bertz CT molecular complexity index is 1220. The minimum absolute atomic E-state index is 0.0122. The molecule has 1 saturated heterocycles. The van der Waals surface area contributed by atoms with Gasteiger partial charge in [-0.05, 0) is 48.6 Å². The number of hydrogen-bond donors (Lipinski definition) is 1. The summed E-state index contributed by atoms with van der Waals surface area (Å²) in [6.07, 6.45) is 2.87. The highest BCUT2D eigenvalue weighted by molar-refractivity contribution is 5.97. The van der Waals surface area contributed by atoms with Crippen LogP contribution in [0.2, 0.25) is 0 Å². The van der Waals surface area contributed by atoms with Crippen molar-refractivity contribution in [1.82, 2.24) is 14.9 Å². The van der Waals surface area contributed by atoms with Crippen molar-refractivity contribution in [3.05, 3.63) is 63.5 Å². The predicted molar refractivity (Wildman–Crippen MR) is 115 cm³/mol. The van der Waals surface area contributed by atoms with Crippen molar-refractivity contribution in [2.75, 3.05) is 13.7 Å². The molecule has 0 spiro atoms. The van der Waals surface area contributed by atoms with Crippen molar-refractivity contribution in [2.45, 2.75) is 38.1 Å². The summed E-state index contributed by atoms with van der Waals surface area (Å²) in [5.74, 6) is 0.350. The molecule has 0 saturated carbocycles. The lowest BCUT2D eigenvalue weighted by Crippen LogP contribution is -2.59. The summed E-state index contributed by atoms with van der Waals surface area (Å²) in [7, 11) is 1.46. The first-order chi connectivity index (χ1) is 14.8. The number of nitro benzene ring substituents is 1. The Balaban J connectivity index is 1.56. The number of ether oxygens (including phenoxy) is 1. The van der Waals surface area contributed by atoms with E-state index in [0.717, 1.165) is 22.2 Å². The van der Waals surface area contributed by atoms with Crippen LogP contribution in [0, 0.1) is 16.0 Å². The number of likely N-dealkylation sites (tertiary alicyclic amines) is 1. The summed E-state index contributed by atoms with van der Waals surface area (Å²) in [5.41, 5.74) is 3.64. The average Bonchev–Trinajstić information content (AvgIpc) is 3.23. The SMILES string of the molecule is COc1ccc2c(c1[N+](=O)[O-])[C@]1(C)CCN(C(=O)c3ccc4nc[nH]c4c3)[C@H](C2)[C@H]1C. The number of carbonyl (C=O) groups is 1. The number of carbonyl (C=O) groups excluding carboxylic acids is 1. The molecular formula is C23H24N4O4. The molecule has 3 aromatic rings. The molecule has 2 bridgehead atoms. The van der Waals surface area contributed by atoms with E-state index in [1.165, 1.54) is 7.11 Å². The van der Waals surface area contributed by atoms with Crippen LogP contribution in [0.4, 0.5) is 5.69 Å². The Morgan fingerprint density at radius 1 is 1.35 bits per heavy atom. The number of piperidine rings is 1. The zero-order valence-electron chi connectivity index (χ0n) is 17.7. The van der Waals surface area contributed by atoms with E-state index in [4.69, 9.17) is 4.74 Å². The van der Waals surface area contributed by atoms with Gasteiger partial charge in [-0.3, -0.25) is 14.9 Å². The highest BCUT2D eigenvalue weighted by atomic mass is 16.6. The van der Waals surface area contributed by atoms with Gasteiger partial charge in [0.15, 0.2) is 5.75 Å². The fourth-order valence-electron chi connectivity index (χ4n) is 5.56. The number of imidazole rings is 1. The number of nitrogens with one attached hydrogen (secondary N) is 1. The van der Waals surface area contributed by atoms with Crippen LogP contribution in [0.5, 0.6) is 5.75 Å². The van der Waals surface area contributed by atoms with E-state index in [-0.39, 0.29) is 28.5 Å². The van der Waals surface area contributed by atoms with Crippen LogP contribution in [-0.2, 0) is 11.8 Å². The van der Waals surface area contributed by atoms with Crippen LogP contribution < -0.4 is 4.74 Å². The standard InChI is InChI=1S/C23H24N4O4/c1-13-18-11-14-5-7-19(31-3)21(27(29)30)20(14)23(13,2)8-9-26(18)22(28)15-4-6-16-17(10-15)25-12-24-16/h4-7,10,12-13,18H,8-9,11H2,1-3H3,(H,24,25)/t13-,18-,23-/m1/s1. The van der Waals surface area contributed by atoms with Gasteiger partial charge >= 0.3 is 5.69 Å². The fraction of sp³-hybridized carbons (Fsp3) is 0.391. The number of methoxy groups -OCH3 is 1. The third-order valence-electron chi connectivity index (χ3n) is 7.41. The maximum Gasteiger partial charge on any atom is 0.314 e. The summed E-state index contributed by atoms with van der Waals surface area (Å²) < 4.78 is 5.32. The molecule has 8 heteroatoms. The lowest BCUT2D eigenvalue weighted by atomic mass is 9.58. The van der Waals surface area contributed by atoms with E-state index < -0.39 is 5.41 Å². The Labute approximate surface area is 179 Å². The van der Waals surface area contributed by atoms with Crippen molar-refractivity contribution in [1.29, 1.82) is 0 Å². The molecule has 5 rings (SSSR count). The second kappa shape index (κ2) is 6.80. The highest BCUT2D eigenvalue weighted by Crippen LogP contribution is 2.53. The van der Waals surface area contributed by atoms with Crippen molar-refractivity contribution in [3.63, 3.8) is 0 Å². The van der Waals surface area contributed by atoms with Gasteiger partial charge < -0.3 is 14.6 Å². The van der Waals surface area contributed by atoms with Crippen LogP contribution >= 0.6 is 0 Å². The van der Waals surface area contributed by atoms with Crippen molar-refractivity contribution in [2.24, 2.45) is 5.92 Å². The van der Waals surface area contributed by atoms with Crippen LogP contribution in [0.15, 0.2) is 36.7 Å². The molecule has 31 heavy (non-hydrogen) atoms. The molecule has 1 aromatic heterocycles. The molecule has 1 N–H and O–H groups in total. The molecule has 1 aliphatic heterocycles. The van der Waals surface area contributed by atoms with Gasteiger partial charge in [0.2, 0.25) is 0 Å². The molecule has 2 heterocycles. The fourth-order valence-corrected chi connectivity index (χ4v) is 5.56. The van der Waals surface area contributed by atoms with Crippen molar-refractivity contribution < 1.29 is 14.5 Å². The maximum absolute atomic E-state index is 13.5. The Morgan fingerprint density at radius 2 is 2.16 bits per heavy atom. The van der Waals surface area contributed by atoms with Crippen LogP contribution in [0.3, 0.4) is 0 Å². The molecule has 2 aromatic carbocycles. The molecule has 8 nitrogen and oxygen atoms in total. The number of H-pyrrole nitrogens is 1. The molecule has 3 atom stereocenters. The largest absolute Gasteiger partial charge is 0.490 e. The minimum atomic E-state index is -0.403. The quantitative estimate of drug-likeness (QED) is 0.512. The van der Waals surface area contributed by atoms with E-state index in [2.05, 4.69) is 23.8 Å². The van der Waals surface area contributed by atoms with Gasteiger partial charge in [0.1, 0.15) is 0 Å². The van der Waals surface area contributed by atoms with E-state index in [0.29, 0.717) is 30.7 Å². The van der Waals surface area contributed by atoms with Gasteiger partial charge in [-0.2, -0.15) is 0 Å². The summed E-state index contributed by atoms with van der Waals surface area (Å²) in [6, 6.07) is 9.08. The number of aromatic amines is 1. The van der Waals surface area contributed by atoms with E-state index in [1.54, 1.807) is 12.4 Å².